The van der Waals surface area contributed by atoms with E-state index in [9.17, 15) is 0 Å². The van der Waals surface area contributed by atoms with Crippen molar-refractivity contribution in [2.45, 2.75) is 25.4 Å². The zero-order valence-electron chi connectivity index (χ0n) is 9.58. The number of aromatic nitrogens is 1. The minimum atomic E-state index is -0.190. The normalized spacial score (nSPS) is 18.9. The van der Waals surface area contributed by atoms with Crippen molar-refractivity contribution < 1.29 is 4.74 Å². The third-order valence-corrected chi connectivity index (χ3v) is 3.13. The molecule has 2 rings (SSSR count). The third-order valence-electron chi connectivity index (χ3n) is 3.13. The highest BCUT2D eigenvalue weighted by atomic mass is 16.5. The van der Waals surface area contributed by atoms with Crippen molar-refractivity contribution in [2.75, 3.05) is 20.2 Å². The highest BCUT2D eigenvalue weighted by Gasteiger charge is 2.40. The Bertz CT molecular complexity index is 340. The lowest BCUT2D eigenvalue weighted by Crippen LogP contribution is -2.58. The van der Waals surface area contributed by atoms with Crippen molar-refractivity contribution in [3.63, 3.8) is 0 Å². The molecule has 0 spiro atoms. The summed E-state index contributed by atoms with van der Waals surface area (Å²) in [4.78, 5) is 4.42. The van der Waals surface area contributed by atoms with Crippen molar-refractivity contribution in [3.05, 3.63) is 29.6 Å². The first kappa shape index (κ1) is 10.6. The molecule has 82 valence electrons. The van der Waals surface area contributed by atoms with Gasteiger partial charge >= 0.3 is 0 Å². The van der Waals surface area contributed by atoms with E-state index in [-0.39, 0.29) is 5.60 Å². The average Bonchev–Trinajstić information content (AvgIpc) is 2.17. The van der Waals surface area contributed by atoms with Gasteiger partial charge in [-0.05, 0) is 23.6 Å². The van der Waals surface area contributed by atoms with Crippen molar-refractivity contribution in [3.8, 4) is 0 Å². The third kappa shape index (κ3) is 1.77. The van der Waals surface area contributed by atoms with E-state index in [0.29, 0.717) is 5.92 Å². The van der Waals surface area contributed by atoms with Crippen molar-refractivity contribution in [2.24, 2.45) is 0 Å². The maximum absolute atomic E-state index is 5.57. The maximum atomic E-state index is 5.57. The van der Waals surface area contributed by atoms with Gasteiger partial charge in [-0.25, -0.2) is 0 Å². The van der Waals surface area contributed by atoms with Gasteiger partial charge < -0.3 is 10.1 Å². The van der Waals surface area contributed by atoms with E-state index in [2.05, 4.69) is 36.3 Å². The van der Waals surface area contributed by atoms with Gasteiger partial charge in [0.15, 0.2) is 0 Å². The van der Waals surface area contributed by atoms with E-state index in [0.717, 1.165) is 18.8 Å². The Morgan fingerprint density at radius 2 is 2.20 bits per heavy atom. The predicted molar refractivity (Wildman–Crippen MR) is 59.9 cm³/mol. The van der Waals surface area contributed by atoms with E-state index >= 15 is 0 Å². The Labute approximate surface area is 90.9 Å². The van der Waals surface area contributed by atoms with E-state index in [1.165, 1.54) is 5.56 Å². The van der Waals surface area contributed by atoms with Gasteiger partial charge in [0.1, 0.15) is 5.60 Å². The van der Waals surface area contributed by atoms with Crippen LogP contribution in [0.5, 0.6) is 0 Å². The predicted octanol–water partition coefficient (Wildman–Crippen LogP) is 1.65. The highest BCUT2D eigenvalue weighted by Crippen LogP contribution is 2.29. The van der Waals surface area contributed by atoms with Crippen LogP contribution in [-0.2, 0) is 10.3 Å². The molecule has 0 bridgehead atoms. The summed E-state index contributed by atoms with van der Waals surface area (Å²) in [5.74, 6) is 0.536. The summed E-state index contributed by atoms with van der Waals surface area (Å²) in [6.45, 7) is 6.10. The molecule has 15 heavy (non-hydrogen) atoms. The molecule has 1 fully saturated rings. The minimum Gasteiger partial charge on any atom is -0.369 e. The van der Waals surface area contributed by atoms with Gasteiger partial charge in [0, 0.05) is 26.4 Å². The van der Waals surface area contributed by atoms with Gasteiger partial charge in [0.25, 0.3) is 0 Å². The molecule has 0 aliphatic carbocycles. The molecule has 1 aliphatic rings. The second-order valence-corrected chi connectivity index (χ2v) is 4.43. The number of hydrogen-bond acceptors (Lipinski definition) is 3. The topological polar surface area (TPSA) is 34.1 Å². The molecule has 1 N–H and O–H groups in total. The summed E-state index contributed by atoms with van der Waals surface area (Å²) < 4.78 is 5.57. The van der Waals surface area contributed by atoms with Crippen LogP contribution in [0.3, 0.4) is 0 Å². The first-order valence-corrected chi connectivity index (χ1v) is 5.40. The largest absolute Gasteiger partial charge is 0.369 e. The molecule has 3 nitrogen and oxygen atoms in total. The van der Waals surface area contributed by atoms with Crippen LogP contribution in [-0.4, -0.2) is 25.2 Å². The summed E-state index contributed by atoms with van der Waals surface area (Å²) in [6, 6.07) is 4.23. The van der Waals surface area contributed by atoms with Crippen molar-refractivity contribution >= 4 is 0 Å². The number of hydrogen-bond donors (Lipinski definition) is 1. The molecule has 0 atom stereocenters. The minimum absolute atomic E-state index is 0.190. The first-order valence-electron chi connectivity index (χ1n) is 5.40. The quantitative estimate of drug-likeness (QED) is 0.816. The lowest BCUT2D eigenvalue weighted by Gasteiger charge is -2.40. The fraction of sp³-hybridized carbons (Fsp3) is 0.583. The summed E-state index contributed by atoms with van der Waals surface area (Å²) in [6.07, 6.45) is 1.88. The molecule has 2 heterocycles. The smallest absolute Gasteiger partial charge is 0.134 e. The van der Waals surface area contributed by atoms with E-state index in [4.69, 9.17) is 4.74 Å². The molecular weight excluding hydrogens is 188 g/mol. The van der Waals surface area contributed by atoms with Crippen LogP contribution in [0.2, 0.25) is 0 Å². The van der Waals surface area contributed by atoms with Gasteiger partial charge in [-0.2, -0.15) is 0 Å². The summed E-state index contributed by atoms with van der Waals surface area (Å²) in [5.41, 5.74) is 2.18. The molecule has 1 saturated heterocycles. The van der Waals surface area contributed by atoms with Crippen molar-refractivity contribution in [1.82, 2.24) is 10.3 Å². The number of pyridine rings is 1. The molecule has 0 saturated carbocycles. The zero-order valence-corrected chi connectivity index (χ0v) is 9.58. The van der Waals surface area contributed by atoms with Crippen molar-refractivity contribution in [1.29, 1.82) is 0 Å². The van der Waals surface area contributed by atoms with Crippen LogP contribution in [0.1, 0.15) is 31.0 Å². The van der Waals surface area contributed by atoms with E-state index < -0.39 is 0 Å². The molecule has 3 heteroatoms. The Morgan fingerprint density at radius 3 is 2.67 bits per heavy atom. The molecule has 0 radical (unpaired) electrons. The van der Waals surface area contributed by atoms with Crippen LogP contribution in [0.15, 0.2) is 18.3 Å². The van der Waals surface area contributed by atoms with Crippen LogP contribution in [0, 0.1) is 0 Å². The molecule has 0 unspecified atom stereocenters. The second-order valence-electron chi connectivity index (χ2n) is 4.43. The SMILES string of the molecule is COC1(c2cc(C(C)C)ccn2)CNC1. The monoisotopic (exact) mass is 206 g/mol. The Balaban J connectivity index is 2.31. The maximum Gasteiger partial charge on any atom is 0.134 e. The standard InChI is InChI=1S/C12H18N2O/c1-9(2)10-4-5-14-11(6-10)12(15-3)7-13-8-12/h4-6,9,13H,7-8H2,1-3H3. The lowest BCUT2D eigenvalue weighted by molar-refractivity contribution is -0.0599. The fourth-order valence-electron chi connectivity index (χ4n) is 1.84. The van der Waals surface area contributed by atoms with E-state index in [1.807, 2.05) is 6.20 Å². The highest BCUT2D eigenvalue weighted by molar-refractivity contribution is 5.26. The van der Waals surface area contributed by atoms with Gasteiger partial charge in [-0.15, -0.1) is 0 Å². The summed E-state index contributed by atoms with van der Waals surface area (Å²) in [7, 11) is 1.75. The van der Waals surface area contributed by atoms with Crippen LogP contribution in [0.4, 0.5) is 0 Å². The molecule has 1 aromatic heterocycles. The molecule has 1 aromatic rings. The number of rotatable bonds is 3. The zero-order chi connectivity index (χ0) is 10.9. The molecule has 1 aliphatic heterocycles. The number of nitrogens with zero attached hydrogens (tertiary/aromatic N) is 1. The number of nitrogens with one attached hydrogen (secondary N) is 1. The average molecular weight is 206 g/mol. The lowest BCUT2D eigenvalue weighted by atomic mass is 9.90. The van der Waals surface area contributed by atoms with Crippen LogP contribution < -0.4 is 5.32 Å². The molecule has 0 amide bonds. The van der Waals surface area contributed by atoms with Gasteiger partial charge in [-0.3, -0.25) is 4.98 Å². The summed E-state index contributed by atoms with van der Waals surface area (Å²) >= 11 is 0. The Morgan fingerprint density at radius 1 is 1.47 bits per heavy atom. The van der Waals surface area contributed by atoms with E-state index in [1.54, 1.807) is 7.11 Å². The number of ether oxygens (including phenoxy) is 1. The fourth-order valence-corrected chi connectivity index (χ4v) is 1.84. The Hall–Kier alpha value is -0.930. The summed E-state index contributed by atoms with van der Waals surface area (Å²) in [5, 5.41) is 3.24. The Kier molecular flexibility index (Phi) is 2.76. The van der Waals surface area contributed by atoms with Gasteiger partial charge in [0.05, 0.1) is 5.69 Å². The molecular formula is C12H18N2O. The van der Waals surface area contributed by atoms with Gasteiger partial charge in [0.2, 0.25) is 0 Å². The van der Waals surface area contributed by atoms with Crippen LogP contribution >= 0.6 is 0 Å². The first-order chi connectivity index (χ1) is 7.18. The second kappa shape index (κ2) is 3.91. The van der Waals surface area contributed by atoms with Crippen LogP contribution in [0.25, 0.3) is 0 Å². The van der Waals surface area contributed by atoms with Gasteiger partial charge in [-0.1, -0.05) is 13.8 Å². The molecule has 0 aromatic carbocycles. The number of methoxy groups -OCH3 is 1.